The van der Waals surface area contributed by atoms with Gasteiger partial charge in [0, 0.05) is 44.2 Å². The fourth-order valence-electron chi connectivity index (χ4n) is 3.19. The Hall–Kier alpha value is -2.44. The zero-order valence-corrected chi connectivity index (χ0v) is 16.0. The van der Waals surface area contributed by atoms with Gasteiger partial charge in [-0.2, -0.15) is 5.10 Å². The molecule has 1 fully saturated rings. The first-order valence-electron chi connectivity index (χ1n) is 9.10. The lowest BCUT2D eigenvalue weighted by Gasteiger charge is -2.32. The highest BCUT2D eigenvalue weighted by Gasteiger charge is 2.23. The molecule has 1 aliphatic heterocycles. The maximum atomic E-state index is 12.2. The normalized spacial score (nSPS) is 16.1. The second kappa shape index (κ2) is 7.05. The van der Waals surface area contributed by atoms with E-state index in [0.29, 0.717) is 12.5 Å². The Labute approximate surface area is 153 Å². The Balaban J connectivity index is 1.66. The van der Waals surface area contributed by atoms with Crippen molar-refractivity contribution in [2.24, 2.45) is 13.0 Å². The van der Waals surface area contributed by atoms with Crippen LogP contribution in [0.3, 0.4) is 0 Å². The molecule has 1 saturated heterocycles. The van der Waals surface area contributed by atoms with E-state index in [1.54, 1.807) is 30.2 Å². The van der Waals surface area contributed by atoms with Crippen molar-refractivity contribution in [1.82, 2.24) is 19.3 Å². The van der Waals surface area contributed by atoms with Crippen LogP contribution in [0.1, 0.15) is 39.3 Å². The minimum absolute atomic E-state index is 0.0475. The van der Waals surface area contributed by atoms with Gasteiger partial charge in [-0.25, -0.2) is 9.67 Å². The number of anilines is 1. The van der Waals surface area contributed by atoms with Gasteiger partial charge in [-0.15, -0.1) is 0 Å². The second-order valence-corrected chi connectivity index (χ2v) is 8.12. The standard InChI is InChI=1S/C19H27N5O2/c1-19(2,3)15-5-6-17(25)24(21-15)12-14-7-9-23(10-8-14)16-11-18(26)22(4)13-20-16/h5-6,11,13-14H,7-10,12H2,1-4H3. The molecule has 140 valence electrons. The van der Waals surface area contributed by atoms with E-state index in [9.17, 15) is 9.59 Å². The smallest absolute Gasteiger partial charge is 0.266 e. The SMILES string of the molecule is Cn1cnc(N2CCC(Cn3nc(C(C)(C)C)ccc3=O)CC2)cc1=O. The van der Waals surface area contributed by atoms with Gasteiger partial charge in [-0.1, -0.05) is 20.8 Å². The molecule has 0 unspecified atom stereocenters. The Morgan fingerprint density at radius 3 is 2.42 bits per heavy atom. The zero-order chi connectivity index (χ0) is 18.9. The summed E-state index contributed by atoms with van der Waals surface area (Å²) in [6.45, 7) is 8.59. The summed E-state index contributed by atoms with van der Waals surface area (Å²) in [6.07, 6.45) is 3.46. The molecular weight excluding hydrogens is 330 g/mol. The van der Waals surface area contributed by atoms with Gasteiger partial charge in [-0.3, -0.25) is 9.59 Å². The van der Waals surface area contributed by atoms with Crippen LogP contribution in [0.4, 0.5) is 5.82 Å². The first-order valence-corrected chi connectivity index (χ1v) is 9.10. The Morgan fingerprint density at radius 2 is 1.81 bits per heavy atom. The largest absolute Gasteiger partial charge is 0.356 e. The lowest BCUT2D eigenvalue weighted by molar-refractivity contribution is 0.329. The molecule has 2 aromatic rings. The molecule has 0 N–H and O–H groups in total. The average molecular weight is 357 g/mol. The van der Waals surface area contributed by atoms with Gasteiger partial charge in [0.2, 0.25) is 0 Å². The van der Waals surface area contributed by atoms with E-state index in [0.717, 1.165) is 37.4 Å². The van der Waals surface area contributed by atoms with E-state index in [2.05, 4.69) is 35.8 Å². The van der Waals surface area contributed by atoms with Gasteiger partial charge in [0.05, 0.1) is 12.0 Å². The molecule has 0 spiro atoms. The third-order valence-electron chi connectivity index (χ3n) is 4.97. The third kappa shape index (κ3) is 4.03. The molecular formula is C19H27N5O2. The minimum Gasteiger partial charge on any atom is -0.356 e. The third-order valence-corrected chi connectivity index (χ3v) is 4.97. The molecule has 0 aliphatic carbocycles. The van der Waals surface area contributed by atoms with Crippen LogP contribution in [0, 0.1) is 5.92 Å². The maximum absolute atomic E-state index is 12.2. The van der Waals surface area contributed by atoms with Gasteiger partial charge in [0.25, 0.3) is 11.1 Å². The molecule has 0 amide bonds. The molecule has 0 atom stereocenters. The molecule has 0 bridgehead atoms. The second-order valence-electron chi connectivity index (χ2n) is 8.12. The van der Waals surface area contributed by atoms with E-state index in [1.807, 2.05) is 6.07 Å². The van der Waals surface area contributed by atoms with Crippen molar-refractivity contribution >= 4 is 5.82 Å². The summed E-state index contributed by atoms with van der Waals surface area (Å²) in [5, 5.41) is 4.57. The van der Waals surface area contributed by atoms with Crippen LogP contribution in [0.25, 0.3) is 0 Å². The number of nitrogens with zero attached hydrogens (tertiary/aromatic N) is 5. The zero-order valence-electron chi connectivity index (χ0n) is 16.0. The van der Waals surface area contributed by atoms with Crippen LogP contribution in [0.5, 0.6) is 0 Å². The van der Waals surface area contributed by atoms with E-state index in [4.69, 9.17) is 0 Å². The fraction of sp³-hybridized carbons (Fsp3) is 0.579. The van der Waals surface area contributed by atoms with Crippen LogP contribution in [-0.4, -0.2) is 32.4 Å². The average Bonchev–Trinajstić information content (AvgIpc) is 2.59. The minimum atomic E-state index is -0.0794. The van der Waals surface area contributed by atoms with Crippen molar-refractivity contribution in [2.75, 3.05) is 18.0 Å². The van der Waals surface area contributed by atoms with E-state index < -0.39 is 0 Å². The van der Waals surface area contributed by atoms with Crippen molar-refractivity contribution in [3.8, 4) is 0 Å². The summed E-state index contributed by atoms with van der Waals surface area (Å²) >= 11 is 0. The van der Waals surface area contributed by atoms with Crippen LogP contribution in [-0.2, 0) is 19.0 Å². The molecule has 3 rings (SSSR count). The summed E-state index contributed by atoms with van der Waals surface area (Å²) in [6, 6.07) is 5.02. The van der Waals surface area contributed by atoms with Crippen molar-refractivity contribution in [3.05, 3.63) is 50.9 Å². The van der Waals surface area contributed by atoms with Gasteiger partial charge >= 0.3 is 0 Å². The van der Waals surface area contributed by atoms with Crippen molar-refractivity contribution in [1.29, 1.82) is 0 Å². The summed E-state index contributed by atoms with van der Waals surface area (Å²) in [7, 11) is 1.70. The molecule has 7 heteroatoms. The Kier molecular flexibility index (Phi) is 4.98. The molecule has 0 radical (unpaired) electrons. The molecule has 1 aliphatic rings. The Morgan fingerprint density at radius 1 is 1.12 bits per heavy atom. The highest BCUT2D eigenvalue weighted by Crippen LogP contribution is 2.22. The van der Waals surface area contributed by atoms with E-state index in [1.165, 1.54) is 4.57 Å². The van der Waals surface area contributed by atoms with Gasteiger partial charge in [0.15, 0.2) is 0 Å². The molecule has 26 heavy (non-hydrogen) atoms. The molecule has 0 saturated carbocycles. The summed E-state index contributed by atoms with van der Waals surface area (Å²) < 4.78 is 3.08. The van der Waals surface area contributed by atoms with Gasteiger partial charge < -0.3 is 9.47 Å². The fourth-order valence-corrected chi connectivity index (χ4v) is 3.19. The molecule has 0 aromatic carbocycles. The van der Waals surface area contributed by atoms with Gasteiger partial charge in [-0.05, 0) is 24.8 Å². The van der Waals surface area contributed by atoms with Crippen molar-refractivity contribution in [3.63, 3.8) is 0 Å². The molecule has 7 nitrogen and oxygen atoms in total. The Bertz CT molecular complexity index is 886. The number of hydrogen-bond donors (Lipinski definition) is 0. The van der Waals surface area contributed by atoms with Crippen molar-refractivity contribution < 1.29 is 0 Å². The van der Waals surface area contributed by atoms with Crippen LogP contribution in [0.15, 0.2) is 34.1 Å². The predicted octanol–water partition coefficient (Wildman–Crippen LogP) is 1.55. The molecule has 3 heterocycles. The van der Waals surface area contributed by atoms with Crippen LogP contribution < -0.4 is 16.0 Å². The predicted molar refractivity (Wildman–Crippen MR) is 102 cm³/mol. The first kappa shape index (κ1) is 18.4. The summed E-state index contributed by atoms with van der Waals surface area (Å²) in [4.78, 5) is 30.4. The first-order chi connectivity index (χ1) is 12.2. The lowest BCUT2D eigenvalue weighted by atomic mass is 9.92. The van der Waals surface area contributed by atoms with Gasteiger partial charge in [0.1, 0.15) is 5.82 Å². The number of piperidine rings is 1. The highest BCUT2D eigenvalue weighted by atomic mass is 16.1. The van der Waals surface area contributed by atoms with Crippen LogP contribution in [0.2, 0.25) is 0 Å². The molecule has 2 aromatic heterocycles. The van der Waals surface area contributed by atoms with Crippen molar-refractivity contribution in [2.45, 2.75) is 45.6 Å². The monoisotopic (exact) mass is 357 g/mol. The number of hydrogen-bond acceptors (Lipinski definition) is 5. The quantitative estimate of drug-likeness (QED) is 0.833. The van der Waals surface area contributed by atoms with E-state index in [-0.39, 0.29) is 16.5 Å². The lowest BCUT2D eigenvalue weighted by Crippen LogP contribution is -2.38. The number of aryl methyl sites for hydroxylation is 1. The van der Waals surface area contributed by atoms with E-state index >= 15 is 0 Å². The summed E-state index contributed by atoms with van der Waals surface area (Å²) in [5.41, 5.74) is 0.753. The maximum Gasteiger partial charge on any atom is 0.266 e. The number of rotatable bonds is 3. The van der Waals surface area contributed by atoms with Crippen LogP contribution >= 0.6 is 0 Å². The summed E-state index contributed by atoms with van der Waals surface area (Å²) in [5.74, 6) is 1.13. The number of aromatic nitrogens is 4. The highest BCUT2D eigenvalue weighted by molar-refractivity contribution is 5.37. The topological polar surface area (TPSA) is 73.0 Å².